The van der Waals surface area contributed by atoms with Crippen molar-refractivity contribution in [1.29, 1.82) is 0 Å². The third-order valence-corrected chi connectivity index (χ3v) is 4.93. The number of carbonyl (C=O) groups is 1. The molecule has 1 aromatic carbocycles. The van der Waals surface area contributed by atoms with Crippen LogP contribution in [0.15, 0.2) is 23.7 Å². The molecule has 0 amide bonds. The Bertz CT molecular complexity index is 641. The lowest BCUT2D eigenvalue weighted by molar-refractivity contribution is 0.00578. The molecule has 23 heavy (non-hydrogen) atoms. The van der Waals surface area contributed by atoms with Crippen molar-refractivity contribution in [2.24, 2.45) is 0 Å². The van der Waals surface area contributed by atoms with E-state index >= 15 is 0 Å². The van der Waals surface area contributed by atoms with Gasteiger partial charge in [0.1, 0.15) is 0 Å². The fourth-order valence-corrected chi connectivity index (χ4v) is 2.63. The smallest absolute Gasteiger partial charge is 0.478 e. The molecule has 7 heteroatoms. The molecule has 0 aliphatic carbocycles. The Morgan fingerprint density at radius 2 is 1.87 bits per heavy atom. The largest absolute Gasteiger partial charge is 0.491 e. The first-order chi connectivity index (χ1) is 10.6. The minimum absolute atomic E-state index is 0.133. The molecule has 0 atom stereocenters. The van der Waals surface area contributed by atoms with E-state index in [4.69, 9.17) is 20.9 Å². The number of halogens is 1. The summed E-state index contributed by atoms with van der Waals surface area (Å²) in [4.78, 5) is 11.4. The first-order valence-corrected chi connectivity index (χ1v) is 8.28. The number of carboxylic acids is 1. The van der Waals surface area contributed by atoms with Crippen LogP contribution in [-0.2, 0) is 9.31 Å². The Balaban J connectivity index is 2.40. The lowest BCUT2D eigenvalue weighted by Gasteiger charge is -2.32. The minimum atomic E-state index is -1.04. The highest BCUT2D eigenvalue weighted by Crippen LogP contribution is 2.39. The molecule has 0 bridgehead atoms. The van der Waals surface area contributed by atoms with Crippen LogP contribution in [0.4, 0.5) is 0 Å². The minimum Gasteiger partial charge on any atom is -0.478 e. The molecule has 1 fully saturated rings. The molecule has 0 aromatic heterocycles. The van der Waals surface area contributed by atoms with Gasteiger partial charge in [-0.1, -0.05) is 23.7 Å². The Kier molecular flexibility index (Phi) is 5.21. The Morgan fingerprint density at radius 3 is 2.35 bits per heavy atom. The maximum atomic E-state index is 11.4. The average Bonchev–Trinajstić information content (AvgIpc) is 2.65. The van der Waals surface area contributed by atoms with Gasteiger partial charge in [-0.25, -0.2) is 4.79 Å². The van der Waals surface area contributed by atoms with Crippen LogP contribution >= 0.6 is 24.2 Å². The first-order valence-electron chi connectivity index (χ1n) is 7.27. The van der Waals surface area contributed by atoms with Gasteiger partial charge in [-0.05, 0) is 50.9 Å². The average molecular weight is 355 g/mol. The SMILES string of the molecule is CC1(C)OB(C(=Cc2ccc(Cl)cc2C(=O)O)CS)OC1(C)C. The highest BCUT2D eigenvalue weighted by Gasteiger charge is 2.52. The molecule has 1 saturated heterocycles. The highest BCUT2D eigenvalue weighted by atomic mass is 35.5. The summed E-state index contributed by atoms with van der Waals surface area (Å²) in [7, 11) is -0.560. The van der Waals surface area contributed by atoms with Crippen LogP contribution in [0.25, 0.3) is 6.08 Å². The Hall–Kier alpha value is -0.945. The summed E-state index contributed by atoms with van der Waals surface area (Å²) < 4.78 is 12.0. The molecule has 2 rings (SSSR count). The maximum absolute atomic E-state index is 11.4. The third-order valence-electron chi connectivity index (χ3n) is 4.33. The molecule has 0 unspecified atom stereocenters. The van der Waals surface area contributed by atoms with Crippen molar-refractivity contribution < 1.29 is 19.2 Å². The van der Waals surface area contributed by atoms with E-state index in [9.17, 15) is 9.90 Å². The fraction of sp³-hybridized carbons (Fsp3) is 0.438. The van der Waals surface area contributed by atoms with E-state index in [0.717, 1.165) is 5.47 Å². The van der Waals surface area contributed by atoms with Crippen LogP contribution in [0.1, 0.15) is 43.6 Å². The van der Waals surface area contributed by atoms with Gasteiger partial charge in [0.05, 0.1) is 16.8 Å². The van der Waals surface area contributed by atoms with Crippen LogP contribution in [0, 0.1) is 0 Å². The quantitative estimate of drug-likeness (QED) is 0.634. The van der Waals surface area contributed by atoms with Gasteiger partial charge in [-0.2, -0.15) is 12.6 Å². The first kappa shape index (κ1) is 18.4. The summed E-state index contributed by atoms with van der Waals surface area (Å²) in [5.41, 5.74) is 0.510. The predicted molar refractivity (Wildman–Crippen MR) is 96.3 cm³/mol. The maximum Gasteiger partial charge on any atom is 0.491 e. The van der Waals surface area contributed by atoms with Crippen LogP contribution < -0.4 is 0 Å². The van der Waals surface area contributed by atoms with E-state index in [1.54, 1.807) is 18.2 Å². The zero-order chi connectivity index (χ0) is 17.4. The standard InChI is InChI=1S/C16H20BClO4S/c1-15(2)16(3,4)22-17(21-15)11(9-23)7-10-5-6-12(18)8-13(10)14(19)20/h5-8,23H,9H2,1-4H3,(H,19,20). The molecular weight excluding hydrogens is 335 g/mol. The van der Waals surface area contributed by atoms with Crippen LogP contribution in [0.3, 0.4) is 0 Å². The van der Waals surface area contributed by atoms with Crippen molar-refractivity contribution in [2.45, 2.75) is 38.9 Å². The van der Waals surface area contributed by atoms with E-state index in [1.165, 1.54) is 6.07 Å². The number of rotatable bonds is 4. The third kappa shape index (κ3) is 3.77. The molecule has 1 aliphatic heterocycles. The van der Waals surface area contributed by atoms with E-state index in [0.29, 0.717) is 16.3 Å². The van der Waals surface area contributed by atoms with E-state index < -0.39 is 24.3 Å². The van der Waals surface area contributed by atoms with Gasteiger partial charge in [0.25, 0.3) is 0 Å². The topological polar surface area (TPSA) is 55.8 Å². The van der Waals surface area contributed by atoms with Crippen LogP contribution in [-0.4, -0.2) is 35.1 Å². The molecular formula is C16H20BClO4S. The van der Waals surface area contributed by atoms with Gasteiger partial charge >= 0.3 is 13.1 Å². The zero-order valence-corrected chi connectivity index (χ0v) is 15.2. The summed E-state index contributed by atoms with van der Waals surface area (Å²) in [6.45, 7) is 7.87. The van der Waals surface area contributed by atoms with E-state index in [2.05, 4.69) is 12.6 Å². The van der Waals surface area contributed by atoms with Crippen molar-refractivity contribution in [3.8, 4) is 0 Å². The number of benzene rings is 1. The van der Waals surface area contributed by atoms with Crippen molar-refractivity contribution in [1.82, 2.24) is 0 Å². The second-order valence-corrected chi connectivity index (χ2v) is 7.26. The summed E-state index contributed by atoms with van der Waals surface area (Å²) in [6, 6.07) is 4.75. The van der Waals surface area contributed by atoms with Crippen molar-refractivity contribution in [2.75, 3.05) is 5.75 Å². The lowest BCUT2D eigenvalue weighted by atomic mass is 9.78. The van der Waals surface area contributed by atoms with Crippen LogP contribution in [0.2, 0.25) is 5.02 Å². The summed E-state index contributed by atoms with van der Waals surface area (Å²) in [5, 5.41) is 9.72. The molecule has 124 valence electrons. The number of aromatic carboxylic acids is 1. The Morgan fingerprint density at radius 1 is 1.30 bits per heavy atom. The predicted octanol–water partition coefficient (Wildman–Crippen LogP) is 3.98. The van der Waals surface area contributed by atoms with E-state index in [1.807, 2.05) is 27.7 Å². The second kappa shape index (κ2) is 6.51. The molecule has 1 N–H and O–H groups in total. The zero-order valence-electron chi connectivity index (χ0n) is 13.6. The Labute approximate surface area is 147 Å². The summed E-state index contributed by atoms with van der Waals surface area (Å²) in [5.74, 6) is -0.649. The van der Waals surface area contributed by atoms with Crippen molar-refractivity contribution >= 4 is 43.4 Å². The summed E-state index contributed by atoms with van der Waals surface area (Å²) in [6.07, 6.45) is 1.74. The molecule has 0 spiro atoms. The fourth-order valence-electron chi connectivity index (χ4n) is 2.22. The number of carboxylic acid groups (broad SMARTS) is 1. The van der Waals surface area contributed by atoms with Gasteiger partial charge < -0.3 is 14.4 Å². The monoisotopic (exact) mass is 354 g/mol. The molecule has 0 saturated carbocycles. The van der Waals surface area contributed by atoms with Crippen LogP contribution in [0.5, 0.6) is 0 Å². The number of hydrogen-bond donors (Lipinski definition) is 2. The molecule has 1 heterocycles. The van der Waals surface area contributed by atoms with Crippen molar-refractivity contribution in [3.63, 3.8) is 0 Å². The number of hydrogen-bond acceptors (Lipinski definition) is 4. The van der Waals surface area contributed by atoms with E-state index in [-0.39, 0.29) is 5.56 Å². The normalized spacial score (nSPS) is 19.9. The molecule has 1 aromatic rings. The van der Waals surface area contributed by atoms with Gasteiger partial charge in [0.2, 0.25) is 0 Å². The lowest BCUT2D eigenvalue weighted by Crippen LogP contribution is -2.41. The van der Waals surface area contributed by atoms with Gasteiger partial charge in [0, 0.05) is 10.8 Å². The van der Waals surface area contributed by atoms with Gasteiger partial charge in [0.15, 0.2) is 0 Å². The van der Waals surface area contributed by atoms with Crippen molar-refractivity contribution in [3.05, 3.63) is 39.8 Å². The number of thiol groups is 1. The highest BCUT2D eigenvalue weighted by molar-refractivity contribution is 7.80. The van der Waals surface area contributed by atoms with Gasteiger partial charge in [-0.15, -0.1) is 0 Å². The molecule has 0 radical (unpaired) electrons. The molecule has 4 nitrogen and oxygen atoms in total. The van der Waals surface area contributed by atoms with Gasteiger partial charge in [-0.3, -0.25) is 0 Å². The second-order valence-electron chi connectivity index (χ2n) is 6.50. The summed E-state index contributed by atoms with van der Waals surface area (Å²) >= 11 is 10.2. The molecule has 1 aliphatic rings.